The number of anilines is 1. The molecule has 0 bridgehead atoms. The van der Waals surface area contributed by atoms with Crippen LogP contribution in [0, 0.1) is 13.8 Å². The van der Waals surface area contributed by atoms with E-state index in [9.17, 15) is 22.8 Å². The zero-order chi connectivity index (χ0) is 20.0. The first kappa shape index (κ1) is 20.2. The van der Waals surface area contributed by atoms with E-state index in [-0.39, 0.29) is 12.1 Å². The third kappa shape index (κ3) is 5.98. The van der Waals surface area contributed by atoms with Gasteiger partial charge in [-0.1, -0.05) is 18.2 Å². The molecule has 0 atom stereocenters. The Morgan fingerprint density at radius 2 is 1.78 bits per heavy atom. The summed E-state index contributed by atoms with van der Waals surface area (Å²) in [6.07, 6.45) is -3.35. The summed E-state index contributed by atoms with van der Waals surface area (Å²) >= 11 is 0. The zero-order valence-corrected chi connectivity index (χ0v) is 14.7. The Hall–Kier alpha value is -3.10. The van der Waals surface area contributed by atoms with Gasteiger partial charge >= 0.3 is 6.18 Å². The summed E-state index contributed by atoms with van der Waals surface area (Å²) in [7, 11) is 0. The maximum absolute atomic E-state index is 12.3. The van der Waals surface area contributed by atoms with E-state index in [0.717, 1.165) is 11.1 Å². The van der Waals surface area contributed by atoms with Crippen molar-refractivity contribution in [2.45, 2.75) is 20.0 Å². The van der Waals surface area contributed by atoms with Crippen molar-refractivity contribution in [1.82, 2.24) is 10.3 Å². The fraction of sp³-hybridized carbons (Fsp3) is 0.278. The van der Waals surface area contributed by atoms with Crippen molar-refractivity contribution < 1.29 is 27.5 Å². The molecule has 0 radical (unpaired) electrons. The van der Waals surface area contributed by atoms with Crippen molar-refractivity contribution in [1.29, 1.82) is 0 Å². The minimum Gasteiger partial charge on any atom is -0.467 e. The summed E-state index contributed by atoms with van der Waals surface area (Å²) < 4.78 is 41.4. The van der Waals surface area contributed by atoms with Gasteiger partial charge in [-0.05, 0) is 37.1 Å². The molecule has 6 nitrogen and oxygen atoms in total. The molecule has 0 aliphatic rings. The largest absolute Gasteiger partial charge is 0.467 e. The molecule has 0 spiro atoms. The van der Waals surface area contributed by atoms with E-state index >= 15 is 0 Å². The molecule has 0 aliphatic carbocycles. The molecule has 0 saturated heterocycles. The molecule has 0 fully saturated rings. The van der Waals surface area contributed by atoms with Crippen LogP contribution in [0.15, 0.2) is 36.5 Å². The Balaban J connectivity index is 1.98. The van der Waals surface area contributed by atoms with Crippen LogP contribution in [0.2, 0.25) is 0 Å². The molecule has 2 aromatic rings. The smallest absolute Gasteiger partial charge is 0.422 e. The number of rotatable bonds is 6. The number of carbonyl (C=O) groups excluding carboxylic acids is 2. The summed E-state index contributed by atoms with van der Waals surface area (Å²) in [4.78, 5) is 27.9. The van der Waals surface area contributed by atoms with Crippen LogP contribution in [-0.4, -0.2) is 36.1 Å². The number of amides is 2. The maximum atomic E-state index is 12.3. The average molecular weight is 381 g/mol. The molecule has 1 heterocycles. The number of halogens is 3. The van der Waals surface area contributed by atoms with E-state index in [1.165, 1.54) is 18.3 Å². The van der Waals surface area contributed by atoms with Crippen LogP contribution in [-0.2, 0) is 4.79 Å². The number of para-hydroxylation sites is 1. The first-order valence-corrected chi connectivity index (χ1v) is 7.96. The number of pyridine rings is 1. The Morgan fingerprint density at radius 3 is 2.41 bits per heavy atom. The first-order chi connectivity index (χ1) is 12.7. The van der Waals surface area contributed by atoms with Gasteiger partial charge in [-0.25, -0.2) is 4.98 Å². The van der Waals surface area contributed by atoms with Crippen molar-refractivity contribution in [2.24, 2.45) is 0 Å². The lowest BCUT2D eigenvalue weighted by molar-refractivity contribution is -0.154. The van der Waals surface area contributed by atoms with Crippen LogP contribution in [0.25, 0.3) is 0 Å². The molecule has 27 heavy (non-hydrogen) atoms. The van der Waals surface area contributed by atoms with Crippen molar-refractivity contribution in [3.63, 3.8) is 0 Å². The average Bonchev–Trinajstić information content (AvgIpc) is 2.61. The standard InChI is InChI=1S/C18H18F3N3O3/c1-11-5-3-6-12(2)15(11)24-14(25)9-23-16(26)13-7-4-8-22-17(13)27-10-18(19,20)21/h3-8H,9-10H2,1-2H3,(H,23,26)(H,24,25). The zero-order valence-electron chi connectivity index (χ0n) is 14.7. The molecule has 0 unspecified atom stereocenters. The van der Waals surface area contributed by atoms with Gasteiger partial charge in [0.05, 0.1) is 6.54 Å². The van der Waals surface area contributed by atoms with Crippen LogP contribution in [0.1, 0.15) is 21.5 Å². The number of hydrogen-bond donors (Lipinski definition) is 2. The summed E-state index contributed by atoms with van der Waals surface area (Å²) in [5.74, 6) is -1.69. The highest BCUT2D eigenvalue weighted by molar-refractivity contribution is 6.00. The van der Waals surface area contributed by atoms with Gasteiger partial charge in [0, 0.05) is 11.9 Å². The SMILES string of the molecule is Cc1cccc(C)c1NC(=O)CNC(=O)c1cccnc1OCC(F)(F)F. The molecule has 2 rings (SSSR count). The number of alkyl halides is 3. The van der Waals surface area contributed by atoms with Crippen LogP contribution < -0.4 is 15.4 Å². The number of ether oxygens (including phenoxy) is 1. The molecule has 2 amide bonds. The molecular weight excluding hydrogens is 363 g/mol. The van der Waals surface area contributed by atoms with E-state index in [4.69, 9.17) is 0 Å². The highest BCUT2D eigenvalue weighted by Gasteiger charge is 2.29. The van der Waals surface area contributed by atoms with Gasteiger partial charge in [0.2, 0.25) is 11.8 Å². The summed E-state index contributed by atoms with van der Waals surface area (Å²) in [5.41, 5.74) is 2.18. The van der Waals surface area contributed by atoms with Crippen molar-refractivity contribution in [2.75, 3.05) is 18.5 Å². The molecule has 1 aromatic heterocycles. The van der Waals surface area contributed by atoms with Crippen molar-refractivity contribution in [3.8, 4) is 5.88 Å². The highest BCUT2D eigenvalue weighted by Crippen LogP contribution is 2.20. The summed E-state index contributed by atoms with van der Waals surface area (Å²) in [6.45, 7) is 1.74. The third-order valence-corrected chi connectivity index (χ3v) is 3.54. The van der Waals surface area contributed by atoms with Crippen LogP contribution in [0.3, 0.4) is 0 Å². The predicted molar refractivity (Wildman–Crippen MR) is 92.7 cm³/mol. The Bertz CT molecular complexity index is 818. The summed E-state index contributed by atoms with van der Waals surface area (Å²) in [5, 5.41) is 5.04. The molecule has 9 heteroatoms. The number of carbonyl (C=O) groups is 2. The van der Waals surface area contributed by atoms with Gasteiger partial charge in [-0.15, -0.1) is 0 Å². The third-order valence-electron chi connectivity index (χ3n) is 3.54. The minimum absolute atomic E-state index is 0.193. The number of nitrogens with one attached hydrogen (secondary N) is 2. The lowest BCUT2D eigenvalue weighted by Crippen LogP contribution is -2.33. The van der Waals surface area contributed by atoms with Crippen LogP contribution in [0.4, 0.5) is 18.9 Å². The van der Waals surface area contributed by atoms with Crippen LogP contribution >= 0.6 is 0 Å². The summed E-state index contributed by atoms with van der Waals surface area (Å²) in [6, 6.07) is 8.17. The van der Waals surface area contributed by atoms with E-state index in [0.29, 0.717) is 5.69 Å². The highest BCUT2D eigenvalue weighted by atomic mass is 19.4. The molecule has 0 saturated carbocycles. The van der Waals surface area contributed by atoms with Gasteiger partial charge in [0.1, 0.15) is 5.56 Å². The van der Waals surface area contributed by atoms with Crippen LogP contribution in [0.5, 0.6) is 5.88 Å². The predicted octanol–water partition coefficient (Wildman–Crippen LogP) is 3.01. The quantitative estimate of drug-likeness (QED) is 0.806. The van der Waals surface area contributed by atoms with E-state index in [1.807, 2.05) is 32.0 Å². The van der Waals surface area contributed by atoms with Gasteiger partial charge in [0.15, 0.2) is 6.61 Å². The minimum atomic E-state index is -4.56. The van der Waals surface area contributed by atoms with E-state index in [2.05, 4.69) is 20.4 Å². The lowest BCUT2D eigenvalue weighted by atomic mass is 10.1. The second-order valence-corrected chi connectivity index (χ2v) is 5.76. The Kier molecular flexibility index (Phi) is 6.38. The monoisotopic (exact) mass is 381 g/mol. The fourth-order valence-electron chi connectivity index (χ4n) is 2.28. The molecular formula is C18H18F3N3O3. The number of aromatic nitrogens is 1. The van der Waals surface area contributed by atoms with Crippen molar-refractivity contribution >= 4 is 17.5 Å². The van der Waals surface area contributed by atoms with E-state index < -0.39 is 30.5 Å². The second kappa shape index (κ2) is 8.52. The van der Waals surface area contributed by atoms with Gasteiger partial charge < -0.3 is 15.4 Å². The number of aryl methyl sites for hydroxylation is 2. The molecule has 0 aliphatic heterocycles. The normalized spacial score (nSPS) is 11.0. The molecule has 1 aromatic carbocycles. The van der Waals surface area contributed by atoms with Gasteiger partial charge in [-0.3, -0.25) is 9.59 Å². The number of benzene rings is 1. The number of hydrogen-bond acceptors (Lipinski definition) is 4. The first-order valence-electron chi connectivity index (χ1n) is 7.96. The molecule has 2 N–H and O–H groups in total. The van der Waals surface area contributed by atoms with E-state index in [1.54, 1.807) is 0 Å². The maximum Gasteiger partial charge on any atom is 0.422 e. The van der Waals surface area contributed by atoms with Crippen molar-refractivity contribution in [3.05, 3.63) is 53.2 Å². The van der Waals surface area contributed by atoms with Gasteiger partial charge in [0.25, 0.3) is 5.91 Å². The second-order valence-electron chi connectivity index (χ2n) is 5.76. The lowest BCUT2D eigenvalue weighted by Gasteiger charge is -2.13. The Labute approximate surface area is 153 Å². The fourth-order valence-corrected chi connectivity index (χ4v) is 2.28. The number of nitrogens with zero attached hydrogens (tertiary/aromatic N) is 1. The van der Waals surface area contributed by atoms with Gasteiger partial charge in [-0.2, -0.15) is 13.2 Å². The Morgan fingerprint density at radius 1 is 1.11 bits per heavy atom. The molecule has 144 valence electrons. The topological polar surface area (TPSA) is 80.3 Å².